The van der Waals surface area contributed by atoms with Crippen molar-refractivity contribution < 1.29 is 4.74 Å². The SMILES string of the molecule is Cc1ccc(NC(=S)N(CCCN2CCOCC2)Cc2cccs2)cc1C. The largest absolute Gasteiger partial charge is 0.379 e. The molecule has 27 heavy (non-hydrogen) atoms. The van der Waals surface area contributed by atoms with Crippen LogP contribution in [0.3, 0.4) is 0 Å². The minimum Gasteiger partial charge on any atom is -0.379 e. The van der Waals surface area contributed by atoms with Gasteiger partial charge in [-0.3, -0.25) is 4.90 Å². The summed E-state index contributed by atoms with van der Waals surface area (Å²) in [5.41, 5.74) is 3.64. The van der Waals surface area contributed by atoms with Crippen molar-refractivity contribution in [2.45, 2.75) is 26.8 Å². The highest BCUT2D eigenvalue weighted by molar-refractivity contribution is 7.80. The third kappa shape index (κ3) is 6.28. The van der Waals surface area contributed by atoms with E-state index in [0.717, 1.165) is 63.2 Å². The van der Waals surface area contributed by atoms with E-state index in [1.807, 2.05) is 0 Å². The van der Waals surface area contributed by atoms with E-state index >= 15 is 0 Å². The number of thiocarbonyl (C=S) groups is 1. The van der Waals surface area contributed by atoms with Gasteiger partial charge in [0.05, 0.1) is 19.8 Å². The molecule has 1 aromatic carbocycles. The quantitative estimate of drug-likeness (QED) is 0.697. The van der Waals surface area contributed by atoms with Crippen LogP contribution >= 0.6 is 23.6 Å². The molecule has 0 saturated carbocycles. The van der Waals surface area contributed by atoms with Crippen LogP contribution in [0.1, 0.15) is 22.4 Å². The number of hydrogen-bond acceptors (Lipinski definition) is 4. The summed E-state index contributed by atoms with van der Waals surface area (Å²) in [4.78, 5) is 6.11. The molecular formula is C21H29N3OS2. The Hall–Kier alpha value is -1.47. The number of ether oxygens (including phenoxy) is 1. The van der Waals surface area contributed by atoms with Crippen LogP contribution in [0.15, 0.2) is 35.7 Å². The Bertz CT molecular complexity index is 727. The van der Waals surface area contributed by atoms with Gasteiger partial charge in [0, 0.05) is 36.7 Å². The molecule has 2 heterocycles. The topological polar surface area (TPSA) is 27.7 Å². The molecular weight excluding hydrogens is 374 g/mol. The van der Waals surface area contributed by atoms with Gasteiger partial charge >= 0.3 is 0 Å². The first-order valence-corrected chi connectivity index (χ1v) is 10.9. The summed E-state index contributed by atoms with van der Waals surface area (Å²) in [6.07, 6.45) is 1.10. The zero-order chi connectivity index (χ0) is 19.1. The summed E-state index contributed by atoms with van der Waals surface area (Å²) in [7, 11) is 0. The van der Waals surface area contributed by atoms with Crippen LogP contribution in [0.5, 0.6) is 0 Å². The van der Waals surface area contributed by atoms with E-state index in [0.29, 0.717) is 0 Å². The molecule has 0 amide bonds. The van der Waals surface area contributed by atoms with E-state index in [4.69, 9.17) is 17.0 Å². The molecule has 0 bridgehead atoms. The Balaban J connectivity index is 1.59. The zero-order valence-corrected chi connectivity index (χ0v) is 17.9. The monoisotopic (exact) mass is 403 g/mol. The third-order valence-corrected chi connectivity index (χ3v) is 6.20. The number of thiophene rings is 1. The van der Waals surface area contributed by atoms with Gasteiger partial charge in [0.1, 0.15) is 0 Å². The van der Waals surface area contributed by atoms with Gasteiger partial charge in [0.25, 0.3) is 0 Å². The highest BCUT2D eigenvalue weighted by atomic mass is 32.1. The second-order valence-electron chi connectivity index (χ2n) is 7.04. The van der Waals surface area contributed by atoms with Gasteiger partial charge in [0.2, 0.25) is 0 Å². The predicted octanol–water partition coefficient (Wildman–Crippen LogP) is 4.29. The van der Waals surface area contributed by atoms with Crippen molar-refractivity contribution in [3.8, 4) is 0 Å². The lowest BCUT2D eigenvalue weighted by molar-refractivity contribution is 0.0368. The van der Waals surface area contributed by atoms with Gasteiger partial charge in [-0.1, -0.05) is 12.1 Å². The molecule has 1 saturated heterocycles. The van der Waals surface area contributed by atoms with Crippen molar-refractivity contribution >= 4 is 34.4 Å². The molecule has 1 aromatic heterocycles. The van der Waals surface area contributed by atoms with E-state index in [1.54, 1.807) is 11.3 Å². The summed E-state index contributed by atoms with van der Waals surface area (Å²) in [6, 6.07) is 10.7. The van der Waals surface area contributed by atoms with E-state index in [2.05, 4.69) is 64.7 Å². The number of nitrogens with zero attached hydrogens (tertiary/aromatic N) is 2. The molecule has 3 rings (SSSR count). The molecule has 0 aliphatic carbocycles. The lowest BCUT2D eigenvalue weighted by Crippen LogP contribution is -2.39. The molecule has 0 spiro atoms. The van der Waals surface area contributed by atoms with Crippen molar-refractivity contribution in [3.63, 3.8) is 0 Å². The highest BCUT2D eigenvalue weighted by Gasteiger charge is 2.14. The molecule has 1 N–H and O–H groups in total. The van der Waals surface area contributed by atoms with Gasteiger partial charge < -0.3 is 15.0 Å². The second kappa shape index (κ2) is 10.2. The molecule has 0 unspecified atom stereocenters. The van der Waals surface area contributed by atoms with Gasteiger partial charge in [0.15, 0.2) is 5.11 Å². The summed E-state index contributed by atoms with van der Waals surface area (Å²) in [5.74, 6) is 0. The fraction of sp³-hybridized carbons (Fsp3) is 0.476. The third-order valence-electron chi connectivity index (χ3n) is 4.98. The van der Waals surface area contributed by atoms with Crippen LogP contribution in [0, 0.1) is 13.8 Å². The van der Waals surface area contributed by atoms with Gasteiger partial charge in [-0.25, -0.2) is 0 Å². The van der Waals surface area contributed by atoms with E-state index < -0.39 is 0 Å². The average Bonchev–Trinajstić information content (AvgIpc) is 3.18. The van der Waals surface area contributed by atoms with Crippen molar-refractivity contribution in [3.05, 3.63) is 51.7 Å². The maximum Gasteiger partial charge on any atom is 0.173 e. The minimum atomic E-state index is 0.800. The number of benzene rings is 1. The lowest BCUT2D eigenvalue weighted by Gasteiger charge is -2.29. The van der Waals surface area contributed by atoms with Gasteiger partial charge in [-0.15, -0.1) is 11.3 Å². The first-order valence-electron chi connectivity index (χ1n) is 9.57. The second-order valence-corrected chi connectivity index (χ2v) is 8.46. The number of rotatable bonds is 7. The summed E-state index contributed by atoms with van der Waals surface area (Å²) < 4.78 is 5.44. The maximum atomic E-state index is 5.76. The molecule has 0 atom stereocenters. The van der Waals surface area contributed by atoms with Crippen LogP contribution in [0.4, 0.5) is 5.69 Å². The molecule has 4 nitrogen and oxygen atoms in total. The van der Waals surface area contributed by atoms with Crippen molar-refractivity contribution in [2.75, 3.05) is 44.7 Å². The van der Waals surface area contributed by atoms with Crippen molar-refractivity contribution in [1.82, 2.24) is 9.80 Å². The molecule has 1 aliphatic heterocycles. The Morgan fingerprint density at radius 1 is 1.22 bits per heavy atom. The number of hydrogen-bond donors (Lipinski definition) is 1. The normalized spacial score (nSPS) is 14.9. The number of anilines is 1. The number of nitrogens with one attached hydrogen (secondary N) is 1. The van der Waals surface area contributed by atoms with Crippen LogP contribution in [0.2, 0.25) is 0 Å². The minimum absolute atomic E-state index is 0.800. The smallest absolute Gasteiger partial charge is 0.173 e. The maximum absolute atomic E-state index is 5.76. The van der Waals surface area contributed by atoms with E-state index in [-0.39, 0.29) is 0 Å². The zero-order valence-electron chi connectivity index (χ0n) is 16.2. The Morgan fingerprint density at radius 3 is 2.74 bits per heavy atom. The predicted molar refractivity (Wildman–Crippen MR) is 119 cm³/mol. The van der Waals surface area contributed by atoms with Crippen LogP contribution in [-0.2, 0) is 11.3 Å². The molecule has 1 fully saturated rings. The van der Waals surface area contributed by atoms with Crippen molar-refractivity contribution in [2.24, 2.45) is 0 Å². The number of morpholine rings is 1. The average molecular weight is 404 g/mol. The fourth-order valence-electron chi connectivity index (χ4n) is 3.17. The fourth-order valence-corrected chi connectivity index (χ4v) is 4.17. The standard InChI is InChI=1S/C21H29N3OS2/c1-17-6-7-19(15-18(17)2)22-21(26)24(16-20-5-3-14-27-20)9-4-8-23-10-12-25-13-11-23/h3,5-7,14-15H,4,8-13,16H2,1-2H3,(H,22,26). The van der Waals surface area contributed by atoms with E-state index in [9.17, 15) is 0 Å². The molecule has 146 valence electrons. The number of aryl methyl sites for hydroxylation is 2. The van der Waals surface area contributed by atoms with Crippen LogP contribution in [0.25, 0.3) is 0 Å². The van der Waals surface area contributed by atoms with Gasteiger partial charge in [-0.2, -0.15) is 0 Å². The van der Waals surface area contributed by atoms with Crippen LogP contribution < -0.4 is 5.32 Å². The summed E-state index contributed by atoms with van der Waals surface area (Å²) in [5, 5.41) is 6.37. The van der Waals surface area contributed by atoms with Gasteiger partial charge in [-0.05, 0) is 67.2 Å². The Kier molecular flexibility index (Phi) is 7.64. The van der Waals surface area contributed by atoms with E-state index in [1.165, 1.54) is 16.0 Å². The molecule has 1 aliphatic rings. The summed E-state index contributed by atoms with van der Waals surface area (Å²) in [6.45, 7) is 10.9. The van der Waals surface area contributed by atoms with Crippen molar-refractivity contribution in [1.29, 1.82) is 0 Å². The molecule has 0 radical (unpaired) electrons. The Labute approximate surface area is 172 Å². The summed E-state index contributed by atoms with van der Waals surface area (Å²) >= 11 is 7.55. The first kappa shape index (κ1) is 20.3. The molecule has 6 heteroatoms. The Morgan fingerprint density at radius 2 is 2.04 bits per heavy atom. The highest BCUT2D eigenvalue weighted by Crippen LogP contribution is 2.17. The first-order chi connectivity index (χ1) is 13.1. The van der Waals surface area contributed by atoms with Crippen LogP contribution in [-0.4, -0.2) is 54.3 Å². The molecule has 2 aromatic rings. The lowest BCUT2D eigenvalue weighted by atomic mass is 10.1.